The van der Waals surface area contributed by atoms with Crippen LogP contribution in [-0.2, 0) is 15.6 Å². The Bertz CT molecular complexity index is 1150. The highest BCUT2D eigenvalue weighted by Crippen LogP contribution is 2.39. The molecule has 1 unspecified atom stereocenters. The highest BCUT2D eigenvalue weighted by atomic mass is 32.2. The Morgan fingerprint density at radius 3 is 2.38 bits per heavy atom. The second kappa shape index (κ2) is 8.16. The molecule has 1 N–H and O–H groups in total. The molecule has 4 nitrogen and oxygen atoms in total. The third-order valence-electron chi connectivity index (χ3n) is 4.34. The third-order valence-corrected chi connectivity index (χ3v) is 5.27. The number of pyridine rings is 1. The quantitative estimate of drug-likeness (QED) is 0.617. The molecule has 1 heterocycles. The van der Waals surface area contributed by atoms with E-state index in [9.17, 15) is 22.2 Å². The molecule has 29 heavy (non-hydrogen) atoms. The van der Waals surface area contributed by atoms with Crippen molar-refractivity contribution in [3.8, 4) is 22.4 Å². The Morgan fingerprint density at radius 2 is 1.76 bits per heavy atom. The minimum Gasteiger partial charge on any atom is -0.323 e. The molecule has 0 bridgehead atoms. The number of nitrogens with zero attached hydrogens (tertiary/aromatic N) is 1. The minimum absolute atomic E-state index is 0.116. The summed E-state index contributed by atoms with van der Waals surface area (Å²) >= 11 is 0. The van der Waals surface area contributed by atoms with Gasteiger partial charge in [0.15, 0.2) is 17.5 Å². The molecule has 0 aliphatic rings. The maximum Gasteiger partial charge on any atom is 0.221 e. The molecule has 150 valence electrons. The summed E-state index contributed by atoms with van der Waals surface area (Å²) in [4.78, 5) is 14.9. The van der Waals surface area contributed by atoms with E-state index in [4.69, 9.17) is 0 Å². The molecule has 0 aliphatic heterocycles. The molecule has 0 radical (unpaired) electrons. The Labute approximate surface area is 168 Å². The van der Waals surface area contributed by atoms with E-state index in [0.717, 1.165) is 24.3 Å². The Morgan fingerprint density at radius 1 is 1.07 bits per heavy atom. The number of hydrogen-bond donors (Lipinski definition) is 1. The molecule has 2 aromatic carbocycles. The molecule has 1 atom stereocenters. The molecular weight excluding hydrogens is 401 g/mol. The van der Waals surface area contributed by atoms with Crippen molar-refractivity contribution in [3.63, 3.8) is 0 Å². The second-order valence-electron chi connectivity index (χ2n) is 6.40. The van der Waals surface area contributed by atoms with Crippen molar-refractivity contribution in [1.29, 1.82) is 0 Å². The van der Waals surface area contributed by atoms with Crippen LogP contribution in [0.4, 0.5) is 18.9 Å². The van der Waals surface area contributed by atoms with Crippen molar-refractivity contribution >= 4 is 22.4 Å². The highest BCUT2D eigenvalue weighted by Gasteiger charge is 2.28. The fourth-order valence-corrected chi connectivity index (χ4v) is 3.75. The van der Waals surface area contributed by atoms with Gasteiger partial charge in [-0.05, 0) is 30.2 Å². The summed E-state index contributed by atoms with van der Waals surface area (Å²) in [5.41, 5.74) is 1.23. The number of amides is 1. The summed E-state index contributed by atoms with van der Waals surface area (Å²) in [5, 5.41) is 2.20. The summed E-state index contributed by atoms with van der Waals surface area (Å²) in [6.07, 6.45) is 2.41. The first-order chi connectivity index (χ1) is 13.7. The van der Waals surface area contributed by atoms with E-state index in [1.165, 1.54) is 18.3 Å². The predicted octanol–water partition coefficient (Wildman–Crippen LogP) is 4.84. The standard InChI is InChI=1S/C21H17F3N2O2S/c1-11-6-4-5-7-14(11)15-10-13(8-9-25-15)16-17(22)18(23)21(29(3)28)19(24)20(16)26-12(2)27/h4-10H,1-3H3,(H,26,27). The van der Waals surface area contributed by atoms with Crippen molar-refractivity contribution in [1.82, 2.24) is 4.98 Å². The molecule has 0 aliphatic carbocycles. The van der Waals surface area contributed by atoms with Gasteiger partial charge < -0.3 is 5.32 Å². The summed E-state index contributed by atoms with van der Waals surface area (Å²) < 4.78 is 56.2. The normalized spacial score (nSPS) is 11.9. The van der Waals surface area contributed by atoms with Crippen LogP contribution in [0.2, 0.25) is 0 Å². The Balaban J connectivity index is 2.31. The van der Waals surface area contributed by atoms with Crippen LogP contribution in [0.15, 0.2) is 47.5 Å². The van der Waals surface area contributed by atoms with E-state index in [2.05, 4.69) is 10.3 Å². The van der Waals surface area contributed by atoms with Crippen LogP contribution in [0, 0.1) is 24.4 Å². The zero-order valence-corrected chi connectivity index (χ0v) is 16.7. The van der Waals surface area contributed by atoms with Crippen LogP contribution in [0.3, 0.4) is 0 Å². The first-order valence-electron chi connectivity index (χ1n) is 8.56. The molecule has 0 saturated carbocycles. The molecule has 8 heteroatoms. The number of aromatic nitrogens is 1. The maximum absolute atomic E-state index is 15.0. The lowest BCUT2D eigenvalue weighted by atomic mass is 9.99. The molecular formula is C21H17F3N2O2S. The number of nitrogens with one attached hydrogen (secondary N) is 1. The number of hydrogen-bond acceptors (Lipinski definition) is 3. The lowest BCUT2D eigenvalue weighted by molar-refractivity contribution is -0.114. The third kappa shape index (κ3) is 3.93. The average molecular weight is 418 g/mol. The summed E-state index contributed by atoms with van der Waals surface area (Å²) in [6, 6.07) is 10.2. The number of rotatable bonds is 4. The summed E-state index contributed by atoms with van der Waals surface area (Å²) in [7, 11) is -2.14. The first-order valence-corrected chi connectivity index (χ1v) is 10.1. The molecule has 3 rings (SSSR count). The van der Waals surface area contributed by atoms with Crippen molar-refractivity contribution in [2.45, 2.75) is 18.7 Å². The van der Waals surface area contributed by atoms with Gasteiger partial charge in [-0.3, -0.25) is 14.0 Å². The predicted molar refractivity (Wildman–Crippen MR) is 106 cm³/mol. The van der Waals surface area contributed by atoms with Crippen molar-refractivity contribution in [2.24, 2.45) is 0 Å². The van der Waals surface area contributed by atoms with E-state index in [1.807, 2.05) is 31.2 Å². The first kappa shape index (κ1) is 20.7. The number of anilines is 1. The zero-order valence-electron chi connectivity index (χ0n) is 15.8. The largest absolute Gasteiger partial charge is 0.323 e. The number of carbonyl (C=O) groups is 1. The topological polar surface area (TPSA) is 59.1 Å². The van der Waals surface area contributed by atoms with Crippen molar-refractivity contribution < 1.29 is 22.2 Å². The smallest absolute Gasteiger partial charge is 0.221 e. The zero-order chi connectivity index (χ0) is 21.3. The number of aryl methyl sites for hydroxylation is 1. The summed E-state index contributed by atoms with van der Waals surface area (Å²) in [5.74, 6) is -4.91. The number of carbonyl (C=O) groups excluding carboxylic acids is 1. The van der Waals surface area contributed by atoms with Gasteiger partial charge >= 0.3 is 0 Å². The van der Waals surface area contributed by atoms with Gasteiger partial charge in [0.25, 0.3) is 0 Å². The van der Waals surface area contributed by atoms with Gasteiger partial charge in [-0.2, -0.15) is 0 Å². The van der Waals surface area contributed by atoms with Gasteiger partial charge in [-0.25, -0.2) is 13.2 Å². The fraction of sp³-hybridized carbons (Fsp3) is 0.143. The fourth-order valence-electron chi connectivity index (χ4n) is 3.05. The number of halogens is 3. The second-order valence-corrected chi connectivity index (χ2v) is 7.72. The van der Waals surface area contributed by atoms with Crippen LogP contribution in [0.5, 0.6) is 0 Å². The molecule has 1 aromatic heterocycles. The van der Waals surface area contributed by atoms with E-state index in [-0.39, 0.29) is 5.56 Å². The van der Waals surface area contributed by atoms with E-state index < -0.39 is 50.3 Å². The van der Waals surface area contributed by atoms with Crippen molar-refractivity contribution in [3.05, 3.63) is 65.6 Å². The summed E-state index contributed by atoms with van der Waals surface area (Å²) in [6.45, 7) is 2.98. The van der Waals surface area contributed by atoms with Crippen LogP contribution in [-0.4, -0.2) is 21.4 Å². The monoisotopic (exact) mass is 418 g/mol. The Kier molecular flexibility index (Phi) is 5.83. The Hall–Kier alpha value is -3.00. The molecule has 3 aromatic rings. The number of benzene rings is 2. The van der Waals surface area contributed by atoms with Gasteiger partial charge in [0, 0.05) is 30.5 Å². The van der Waals surface area contributed by atoms with Crippen LogP contribution < -0.4 is 5.32 Å². The lowest BCUT2D eigenvalue weighted by Gasteiger charge is -2.16. The van der Waals surface area contributed by atoms with E-state index >= 15 is 0 Å². The highest BCUT2D eigenvalue weighted by molar-refractivity contribution is 7.84. The van der Waals surface area contributed by atoms with Gasteiger partial charge in [0.1, 0.15) is 4.90 Å². The van der Waals surface area contributed by atoms with Gasteiger partial charge in [0.05, 0.1) is 22.2 Å². The van der Waals surface area contributed by atoms with Gasteiger partial charge in [-0.1, -0.05) is 24.3 Å². The minimum atomic E-state index is -2.14. The van der Waals surface area contributed by atoms with Crippen molar-refractivity contribution in [2.75, 3.05) is 11.6 Å². The maximum atomic E-state index is 15.0. The molecule has 0 spiro atoms. The van der Waals surface area contributed by atoms with Gasteiger partial charge in [0.2, 0.25) is 5.91 Å². The van der Waals surface area contributed by atoms with E-state index in [1.54, 1.807) is 0 Å². The van der Waals surface area contributed by atoms with E-state index in [0.29, 0.717) is 5.69 Å². The van der Waals surface area contributed by atoms with Crippen LogP contribution >= 0.6 is 0 Å². The SMILES string of the molecule is CC(=O)Nc1c(F)c(S(C)=O)c(F)c(F)c1-c1ccnc(-c2ccccc2C)c1. The van der Waals surface area contributed by atoms with Crippen LogP contribution in [0.25, 0.3) is 22.4 Å². The van der Waals surface area contributed by atoms with Gasteiger partial charge in [-0.15, -0.1) is 0 Å². The lowest BCUT2D eigenvalue weighted by Crippen LogP contribution is -2.14. The average Bonchev–Trinajstić information content (AvgIpc) is 2.66. The van der Waals surface area contributed by atoms with Crippen LogP contribution in [0.1, 0.15) is 12.5 Å². The molecule has 0 saturated heterocycles. The molecule has 1 amide bonds. The molecule has 0 fully saturated rings.